The first-order valence-corrected chi connectivity index (χ1v) is 10.4. The molecule has 2 aromatic rings. The lowest BCUT2D eigenvalue weighted by Crippen LogP contribution is -2.41. The minimum atomic E-state index is -0.771. The van der Waals surface area contributed by atoms with Crippen molar-refractivity contribution in [2.24, 2.45) is 0 Å². The lowest BCUT2D eigenvalue weighted by atomic mass is 9.75. The fraction of sp³-hybridized carbons (Fsp3) is 0.478. The summed E-state index contributed by atoms with van der Waals surface area (Å²) in [5.74, 6) is 0.648. The Bertz CT molecular complexity index is 908. The quantitative estimate of drug-likeness (QED) is 0.651. The molecule has 166 valence electrons. The molecule has 8 heteroatoms. The Labute approximate surface area is 182 Å². The standard InChI is InChI=1S/C23H28BFO6/c1-22(2)23(3,4)31-24(30-22)18-12-16(25)13-19(20(18)21-27-10-11-28-21)29-14-15-6-8-17(26-5)9-7-15/h6-9,12-13,21H,10-11,14H2,1-5H3. The van der Waals surface area contributed by atoms with Crippen LogP contribution >= 0.6 is 0 Å². The van der Waals surface area contributed by atoms with E-state index in [2.05, 4.69) is 0 Å². The smallest absolute Gasteiger partial charge is 0.495 e. The Morgan fingerprint density at radius 3 is 2.19 bits per heavy atom. The summed E-state index contributed by atoms with van der Waals surface area (Å²) < 4.78 is 49.8. The first-order chi connectivity index (χ1) is 14.7. The van der Waals surface area contributed by atoms with Gasteiger partial charge in [0.25, 0.3) is 0 Å². The highest BCUT2D eigenvalue weighted by Gasteiger charge is 2.53. The average Bonchev–Trinajstić information content (AvgIpc) is 3.32. The largest absolute Gasteiger partial charge is 0.497 e. The number of rotatable bonds is 6. The van der Waals surface area contributed by atoms with Gasteiger partial charge in [-0.3, -0.25) is 0 Å². The van der Waals surface area contributed by atoms with Crippen LogP contribution in [0.5, 0.6) is 11.5 Å². The van der Waals surface area contributed by atoms with Gasteiger partial charge in [0.05, 0.1) is 31.5 Å². The maximum Gasteiger partial charge on any atom is 0.495 e. The lowest BCUT2D eigenvalue weighted by molar-refractivity contribution is -0.0453. The van der Waals surface area contributed by atoms with Crippen LogP contribution in [0.25, 0.3) is 0 Å². The van der Waals surface area contributed by atoms with E-state index in [-0.39, 0.29) is 6.61 Å². The third-order valence-corrected chi connectivity index (χ3v) is 6.06. The molecule has 0 amide bonds. The number of hydrogen-bond donors (Lipinski definition) is 0. The van der Waals surface area contributed by atoms with Crippen LogP contribution in [0.4, 0.5) is 4.39 Å². The van der Waals surface area contributed by atoms with E-state index in [0.717, 1.165) is 11.3 Å². The van der Waals surface area contributed by atoms with Crippen molar-refractivity contribution in [2.45, 2.75) is 51.8 Å². The monoisotopic (exact) mass is 430 g/mol. The van der Waals surface area contributed by atoms with Crippen molar-refractivity contribution in [2.75, 3.05) is 20.3 Å². The second-order valence-electron chi connectivity index (χ2n) is 8.71. The highest BCUT2D eigenvalue weighted by atomic mass is 19.1. The molecule has 0 unspecified atom stereocenters. The minimum absolute atomic E-state index is 0.246. The molecule has 0 aromatic heterocycles. The number of ether oxygens (including phenoxy) is 4. The van der Waals surface area contributed by atoms with E-state index >= 15 is 0 Å². The van der Waals surface area contributed by atoms with Gasteiger partial charge in [0.2, 0.25) is 0 Å². The van der Waals surface area contributed by atoms with Gasteiger partial charge in [0.1, 0.15) is 23.9 Å². The van der Waals surface area contributed by atoms with Crippen molar-refractivity contribution >= 4 is 12.6 Å². The molecule has 2 aliphatic heterocycles. The molecule has 2 heterocycles. The van der Waals surface area contributed by atoms with Gasteiger partial charge in [0.15, 0.2) is 6.29 Å². The van der Waals surface area contributed by atoms with Crippen molar-refractivity contribution in [1.29, 1.82) is 0 Å². The molecule has 0 bridgehead atoms. The molecule has 0 radical (unpaired) electrons. The summed E-state index contributed by atoms with van der Waals surface area (Å²) in [5.41, 5.74) is 0.883. The molecule has 2 fully saturated rings. The van der Waals surface area contributed by atoms with Crippen LogP contribution in [-0.4, -0.2) is 38.6 Å². The number of methoxy groups -OCH3 is 1. The van der Waals surface area contributed by atoms with E-state index < -0.39 is 30.4 Å². The minimum Gasteiger partial charge on any atom is -0.497 e. The van der Waals surface area contributed by atoms with E-state index in [4.69, 9.17) is 28.3 Å². The van der Waals surface area contributed by atoms with Gasteiger partial charge in [-0.1, -0.05) is 12.1 Å². The summed E-state index contributed by atoms with van der Waals surface area (Å²) in [6, 6.07) is 10.3. The topological polar surface area (TPSA) is 55.4 Å². The zero-order valence-electron chi connectivity index (χ0n) is 18.6. The summed E-state index contributed by atoms with van der Waals surface area (Å²) >= 11 is 0. The Balaban J connectivity index is 1.67. The Morgan fingerprint density at radius 2 is 1.61 bits per heavy atom. The molecule has 0 N–H and O–H groups in total. The van der Waals surface area contributed by atoms with E-state index in [1.54, 1.807) is 7.11 Å². The van der Waals surface area contributed by atoms with E-state index in [1.165, 1.54) is 12.1 Å². The van der Waals surface area contributed by atoms with Crippen LogP contribution in [0.15, 0.2) is 36.4 Å². The van der Waals surface area contributed by atoms with Gasteiger partial charge in [-0.15, -0.1) is 0 Å². The molecule has 2 aliphatic rings. The van der Waals surface area contributed by atoms with Crippen LogP contribution in [0.2, 0.25) is 0 Å². The lowest BCUT2D eigenvalue weighted by Gasteiger charge is -2.32. The summed E-state index contributed by atoms with van der Waals surface area (Å²) in [6.07, 6.45) is -0.680. The van der Waals surface area contributed by atoms with Crippen molar-refractivity contribution in [3.63, 3.8) is 0 Å². The van der Waals surface area contributed by atoms with Gasteiger partial charge in [-0.25, -0.2) is 4.39 Å². The number of benzene rings is 2. The maximum absolute atomic E-state index is 14.7. The van der Waals surface area contributed by atoms with E-state index in [1.807, 2.05) is 52.0 Å². The van der Waals surface area contributed by atoms with Crippen molar-refractivity contribution in [1.82, 2.24) is 0 Å². The normalized spacial score (nSPS) is 20.3. The van der Waals surface area contributed by atoms with Crippen LogP contribution in [-0.2, 0) is 25.4 Å². The Morgan fingerprint density at radius 1 is 1.00 bits per heavy atom. The molecule has 0 atom stereocenters. The van der Waals surface area contributed by atoms with E-state index in [9.17, 15) is 4.39 Å². The molecule has 2 saturated heterocycles. The number of halogens is 1. The van der Waals surface area contributed by atoms with E-state index in [0.29, 0.717) is 30.0 Å². The summed E-state index contributed by atoms with van der Waals surface area (Å²) in [5, 5.41) is 0. The fourth-order valence-corrected chi connectivity index (χ4v) is 3.56. The Kier molecular flexibility index (Phi) is 6.00. The van der Waals surface area contributed by atoms with Crippen molar-refractivity contribution in [3.8, 4) is 11.5 Å². The van der Waals surface area contributed by atoms with Gasteiger partial charge in [-0.2, -0.15) is 0 Å². The molecular formula is C23H28BFO6. The highest BCUT2D eigenvalue weighted by Crippen LogP contribution is 2.39. The third kappa shape index (κ3) is 4.43. The first-order valence-electron chi connectivity index (χ1n) is 10.4. The molecule has 31 heavy (non-hydrogen) atoms. The summed E-state index contributed by atoms with van der Waals surface area (Å²) in [7, 11) is 0.843. The zero-order valence-corrected chi connectivity index (χ0v) is 18.6. The maximum atomic E-state index is 14.7. The second-order valence-corrected chi connectivity index (χ2v) is 8.71. The SMILES string of the molecule is COc1ccc(COc2cc(F)cc(B3OC(C)(C)C(C)(C)O3)c2C2OCCO2)cc1. The predicted molar refractivity (Wildman–Crippen MR) is 114 cm³/mol. The summed E-state index contributed by atoms with van der Waals surface area (Å²) in [6.45, 7) is 8.96. The number of hydrogen-bond acceptors (Lipinski definition) is 6. The van der Waals surface area contributed by atoms with Crippen molar-refractivity contribution < 1.29 is 32.6 Å². The zero-order chi connectivity index (χ0) is 22.2. The summed E-state index contributed by atoms with van der Waals surface area (Å²) in [4.78, 5) is 0. The van der Waals surface area contributed by atoms with Gasteiger partial charge in [-0.05, 0) is 56.9 Å². The molecule has 0 spiro atoms. The predicted octanol–water partition coefficient (Wildman–Crippen LogP) is 3.76. The molecule has 0 aliphatic carbocycles. The fourth-order valence-electron chi connectivity index (χ4n) is 3.56. The van der Waals surface area contributed by atoms with Crippen LogP contribution < -0.4 is 14.9 Å². The average molecular weight is 430 g/mol. The molecule has 0 saturated carbocycles. The Hall–Kier alpha value is -2.13. The van der Waals surface area contributed by atoms with Gasteiger partial charge in [0, 0.05) is 11.6 Å². The van der Waals surface area contributed by atoms with Gasteiger partial charge >= 0.3 is 7.12 Å². The van der Waals surface area contributed by atoms with Crippen LogP contribution in [0.1, 0.15) is 45.1 Å². The highest BCUT2D eigenvalue weighted by molar-refractivity contribution is 6.62. The molecule has 4 rings (SSSR count). The molecule has 6 nitrogen and oxygen atoms in total. The van der Waals surface area contributed by atoms with Gasteiger partial charge < -0.3 is 28.3 Å². The second kappa shape index (κ2) is 8.43. The van der Waals surface area contributed by atoms with Crippen LogP contribution in [0.3, 0.4) is 0 Å². The molecular weight excluding hydrogens is 402 g/mol. The van der Waals surface area contributed by atoms with Crippen molar-refractivity contribution in [3.05, 3.63) is 53.3 Å². The first kappa shape index (κ1) is 22.1. The third-order valence-electron chi connectivity index (χ3n) is 6.06. The van der Waals surface area contributed by atoms with Crippen LogP contribution in [0, 0.1) is 5.82 Å². The molecule has 2 aromatic carbocycles.